The molecule has 2 heterocycles. The van der Waals surface area contributed by atoms with Gasteiger partial charge in [0, 0.05) is 51.5 Å². The van der Waals surface area contributed by atoms with Gasteiger partial charge in [0.2, 0.25) is 5.95 Å². The van der Waals surface area contributed by atoms with E-state index in [9.17, 15) is 0 Å². The first-order valence-electron chi connectivity index (χ1n) is 6.34. The Bertz CT molecular complexity index is 390. The molecule has 100 valence electrons. The van der Waals surface area contributed by atoms with Gasteiger partial charge in [-0.2, -0.15) is 4.98 Å². The molecule has 0 bridgehead atoms. The molecular weight excluding hydrogens is 230 g/mol. The predicted octanol–water partition coefficient (Wildman–Crippen LogP) is -0.0590. The van der Waals surface area contributed by atoms with E-state index < -0.39 is 0 Å². The number of aryl methyl sites for hydroxylation is 1. The van der Waals surface area contributed by atoms with Crippen LogP contribution in [0, 0.1) is 6.92 Å². The van der Waals surface area contributed by atoms with E-state index in [1.165, 1.54) is 0 Å². The Kier molecular flexibility index (Phi) is 4.33. The molecule has 1 saturated heterocycles. The summed E-state index contributed by atoms with van der Waals surface area (Å²) in [6.45, 7) is 6.86. The Morgan fingerprint density at radius 1 is 1.33 bits per heavy atom. The minimum absolute atomic E-state index is 0.233. The largest absolute Gasteiger partial charge is 0.395 e. The highest BCUT2D eigenvalue weighted by Gasteiger charge is 2.19. The highest BCUT2D eigenvalue weighted by Crippen LogP contribution is 2.19. The minimum atomic E-state index is 0.233. The third-order valence-corrected chi connectivity index (χ3v) is 3.26. The van der Waals surface area contributed by atoms with Gasteiger partial charge in [-0.25, -0.2) is 4.98 Å². The quantitative estimate of drug-likeness (QED) is 0.782. The molecule has 6 heteroatoms. The van der Waals surface area contributed by atoms with Crippen molar-refractivity contribution >= 4 is 11.8 Å². The Balaban J connectivity index is 2.04. The lowest BCUT2D eigenvalue weighted by atomic mass is 10.2. The highest BCUT2D eigenvalue weighted by molar-refractivity contribution is 5.49. The van der Waals surface area contributed by atoms with E-state index >= 15 is 0 Å². The Hall–Kier alpha value is -1.40. The van der Waals surface area contributed by atoms with Crippen LogP contribution in [-0.2, 0) is 0 Å². The van der Waals surface area contributed by atoms with Crippen molar-refractivity contribution in [1.29, 1.82) is 0 Å². The fraction of sp³-hybridized carbons (Fsp3) is 0.667. The number of aliphatic hydroxyl groups excluding tert-OH is 1. The molecule has 1 aliphatic rings. The van der Waals surface area contributed by atoms with Gasteiger partial charge in [0.05, 0.1) is 6.61 Å². The lowest BCUT2D eigenvalue weighted by Crippen LogP contribution is -2.47. The van der Waals surface area contributed by atoms with Crippen molar-refractivity contribution in [2.24, 2.45) is 0 Å². The maximum Gasteiger partial charge on any atom is 0.224 e. The van der Waals surface area contributed by atoms with Crippen molar-refractivity contribution in [3.8, 4) is 0 Å². The molecule has 0 spiro atoms. The van der Waals surface area contributed by atoms with Crippen LogP contribution in [0.1, 0.15) is 5.56 Å². The number of rotatable bonds is 4. The van der Waals surface area contributed by atoms with E-state index in [-0.39, 0.29) is 6.61 Å². The summed E-state index contributed by atoms with van der Waals surface area (Å²) in [5, 5.41) is 11.9. The van der Waals surface area contributed by atoms with Gasteiger partial charge in [0.25, 0.3) is 0 Å². The number of hydrogen-bond acceptors (Lipinski definition) is 6. The van der Waals surface area contributed by atoms with Gasteiger partial charge < -0.3 is 15.3 Å². The van der Waals surface area contributed by atoms with Crippen LogP contribution < -0.4 is 10.2 Å². The number of β-amino-alcohol motifs (C(OH)–C–C–N with tert-alkyl or cyclic N) is 1. The van der Waals surface area contributed by atoms with Gasteiger partial charge in [0.1, 0.15) is 5.82 Å². The van der Waals surface area contributed by atoms with E-state index in [4.69, 9.17) is 5.11 Å². The average molecular weight is 251 g/mol. The first-order chi connectivity index (χ1) is 8.74. The van der Waals surface area contributed by atoms with E-state index in [1.807, 2.05) is 20.2 Å². The minimum Gasteiger partial charge on any atom is -0.395 e. The van der Waals surface area contributed by atoms with Gasteiger partial charge >= 0.3 is 0 Å². The van der Waals surface area contributed by atoms with E-state index in [0.717, 1.165) is 44.1 Å². The predicted molar refractivity (Wildman–Crippen MR) is 72.1 cm³/mol. The van der Waals surface area contributed by atoms with Crippen molar-refractivity contribution in [2.75, 3.05) is 56.6 Å². The topological polar surface area (TPSA) is 64.5 Å². The van der Waals surface area contributed by atoms with Gasteiger partial charge in [-0.1, -0.05) is 0 Å². The van der Waals surface area contributed by atoms with Crippen molar-refractivity contribution in [1.82, 2.24) is 14.9 Å². The van der Waals surface area contributed by atoms with Gasteiger partial charge in [-0.05, 0) is 6.92 Å². The van der Waals surface area contributed by atoms with Gasteiger partial charge in [-0.15, -0.1) is 0 Å². The molecule has 0 amide bonds. The molecule has 1 fully saturated rings. The van der Waals surface area contributed by atoms with Crippen molar-refractivity contribution in [2.45, 2.75) is 6.92 Å². The first kappa shape index (κ1) is 13.0. The number of hydrogen-bond donors (Lipinski definition) is 2. The summed E-state index contributed by atoms with van der Waals surface area (Å²) in [6, 6.07) is 0. The molecule has 1 aromatic heterocycles. The first-order valence-corrected chi connectivity index (χ1v) is 6.34. The van der Waals surface area contributed by atoms with E-state index in [1.54, 1.807) is 0 Å². The van der Waals surface area contributed by atoms with Crippen LogP contribution in [0.5, 0.6) is 0 Å². The third-order valence-electron chi connectivity index (χ3n) is 3.26. The van der Waals surface area contributed by atoms with E-state index in [0.29, 0.717) is 5.95 Å². The molecular formula is C12H21N5O. The molecule has 2 N–H and O–H groups in total. The van der Waals surface area contributed by atoms with Crippen LogP contribution in [0.4, 0.5) is 11.8 Å². The summed E-state index contributed by atoms with van der Waals surface area (Å²) >= 11 is 0. The zero-order valence-corrected chi connectivity index (χ0v) is 11.1. The van der Waals surface area contributed by atoms with Crippen LogP contribution >= 0.6 is 0 Å². The molecule has 0 unspecified atom stereocenters. The highest BCUT2D eigenvalue weighted by atomic mass is 16.3. The van der Waals surface area contributed by atoms with Crippen LogP contribution in [0.25, 0.3) is 0 Å². The Labute approximate surface area is 108 Å². The molecule has 0 radical (unpaired) electrons. The standard InChI is InChI=1S/C12H21N5O/c1-10-9-14-12(13-2)15-11(10)17-5-3-16(4-6-17)7-8-18/h9,18H,3-8H2,1-2H3,(H,13,14,15). The fourth-order valence-corrected chi connectivity index (χ4v) is 2.20. The summed E-state index contributed by atoms with van der Waals surface area (Å²) in [4.78, 5) is 13.3. The smallest absolute Gasteiger partial charge is 0.224 e. The normalized spacial score (nSPS) is 16.9. The lowest BCUT2D eigenvalue weighted by Gasteiger charge is -2.35. The Morgan fingerprint density at radius 2 is 2.06 bits per heavy atom. The van der Waals surface area contributed by atoms with E-state index in [2.05, 4.69) is 25.1 Å². The van der Waals surface area contributed by atoms with Gasteiger partial charge in [-0.3, -0.25) is 4.90 Å². The Morgan fingerprint density at radius 3 is 2.67 bits per heavy atom. The maximum atomic E-state index is 8.93. The number of piperazine rings is 1. The van der Waals surface area contributed by atoms with Crippen molar-refractivity contribution in [3.63, 3.8) is 0 Å². The molecule has 0 aromatic carbocycles. The van der Waals surface area contributed by atoms with Crippen molar-refractivity contribution in [3.05, 3.63) is 11.8 Å². The van der Waals surface area contributed by atoms with Gasteiger partial charge in [0.15, 0.2) is 0 Å². The fourth-order valence-electron chi connectivity index (χ4n) is 2.20. The summed E-state index contributed by atoms with van der Waals surface area (Å²) in [6.07, 6.45) is 1.86. The molecule has 2 rings (SSSR count). The molecule has 0 atom stereocenters. The van der Waals surface area contributed by atoms with Crippen LogP contribution in [-0.4, -0.2) is 66.4 Å². The van der Waals surface area contributed by atoms with Crippen LogP contribution in [0.2, 0.25) is 0 Å². The molecule has 18 heavy (non-hydrogen) atoms. The zero-order valence-electron chi connectivity index (χ0n) is 11.1. The van der Waals surface area contributed by atoms with Crippen LogP contribution in [0.3, 0.4) is 0 Å². The number of nitrogens with one attached hydrogen (secondary N) is 1. The van der Waals surface area contributed by atoms with Crippen LogP contribution in [0.15, 0.2) is 6.20 Å². The maximum absolute atomic E-state index is 8.93. The summed E-state index contributed by atoms with van der Waals surface area (Å²) < 4.78 is 0. The third kappa shape index (κ3) is 2.88. The second-order valence-electron chi connectivity index (χ2n) is 4.50. The van der Waals surface area contributed by atoms with Crippen molar-refractivity contribution < 1.29 is 5.11 Å². The summed E-state index contributed by atoms with van der Waals surface area (Å²) in [5.41, 5.74) is 1.10. The lowest BCUT2D eigenvalue weighted by molar-refractivity contribution is 0.188. The molecule has 0 saturated carbocycles. The molecule has 6 nitrogen and oxygen atoms in total. The number of aliphatic hydroxyl groups is 1. The second kappa shape index (κ2) is 5.97. The summed E-state index contributed by atoms with van der Waals surface area (Å²) in [5.74, 6) is 1.67. The second-order valence-corrected chi connectivity index (χ2v) is 4.50. The molecule has 0 aliphatic carbocycles. The number of anilines is 2. The summed E-state index contributed by atoms with van der Waals surface area (Å²) in [7, 11) is 1.83. The SMILES string of the molecule is CNc1ncc(C)c(N2CCN(CCO)CC2)n1. The average Bonchev–Trinajstić information content (AvgIpc) is 2.41. The monoisotopic (exact) mass is 251 g/mol. The molecule has 1 aliphatic heterocycles. The zero-order chi connectivity index (χ0) is 13.0. The number of nitrogens with zero attached hydrogens (tertiary/aromatic N) is 4. The molecule has 1 aromatic rings. The number of aromatic nitrogens is 2.